The summed E-state index contributed by atoms with van der Waals surface area (Å²) >= 11 is 0. The predicted octanol–water partition coefficient (Wildman–Crippen LogP) is 1.47. The van der Waals surface area contributed by atoms with Gasteiger partial charge in [-0.1, -0.05) is 0 Å². The number of nitrogens with zero attached hydrogens (tertiary/aromatic N) is 5. The minimum atomic E-state index is -0.141. The number of aromatic hydroxyl groups is 1. The SMILES string of the molecule is C[C@@H]1c2nc(C3CC3)nn2CCN1C(=O)c1cncc(O)c1. The van der Waals surface area contributed by atoms with E-state index in [1.807, 2.05) is 11.6 Å². The second kappa shape index (κ2) is 4.79. The van der Waals surface area contributed by atoms with Gasteiger partial charge in [-0.05, 0) is 25.8 Å². The predicted molar refractivity (Wildman–Crippen MR) is 77.4 cm³/mol. The van der Waals surface area contributed by atoms with Crippen LogP contribution in [-0.4, -0.2) is 42.2 Å². The molecule has 1 N–H and O–H groups in total. The van der Waals surface area contributed by atoms with Gasteiger partial charge in [-0.15, -0.1) is 0 Å². The molecule has 7 nitrogen and oxygen atoms in total. The van der Waals surface area contributed by atoms with Crippen LogP contribution in [0, 0.1) is 0 Å². The first-order chi connectivity index (χ1) is 10.6. The zero-order valence-corrected chi connectivity index (χ0v) is 12.3. The number of hydrogen-bond donors (Lipinski definition) is 1. The molecule has 1 fully saturated rings. The number of pyridine rings is 1. The van der Waals surface area contributed by atoms with E-state index in [0.29, 0.717) is 24.6 Å². The first-order valence-electron chi connectivity index (χ1n) is 7.53. The number of amides is 1. The topological polar surface area (TPSA) is 84.1 Å². The van der Waals surface area contributed by atoms with Gasteiger partial charge in [0, 0.05) is 18.7 Å². The van der Waals surface area contributed by atoms with Gasteiger partial charge in [0.2, 0.25) is 0 Å². The molecule has 114 valence electrons. The van der Waals surface area contributed by atoms with E-state index in [-0.39, 0.29) is 17.7 Å². The largest absolute Gasteiger partial charge is 0.506 e. The molecule has 2 aliphatic rings. The van der Waals surface area contributed by atoms with E-state index >= 15 is 0 Å². The number of carbonyl (C=O) groups is 1. The normalized spacial score (nSPS) is 20.8. The van der Waals surface area contributed by atoms with Crippen LogP contribution in [-0.2, 0) is 6.54 Å². The number of carbonyl (C=O) groups excluding carboxylic acids is 1. The van der Waals surface area contributed by atoms with Gasteiger partial charge in [0.05, 0.1) is 24.3 Å². The molecule has 1 atom stereocenters. The van der Waals surface area contributed by atoms with Crippen molar-refractivity contribution in [1.82, 2.24) is 24.6 Å². The highest BCUT2D eigenvalue weighted by atomic mass is 16.3. The molecule has 1 amide bonds. The Labute approximate surface area is 127 Å². The van der Waals surface area contributed by atoms with Crippen LogP contribution >= 0.6 is 0 Å². The minimum Gasteiger partial charge on any atom is -0.506 e. The van der Waals surface area contributed by atoms with Crippen molar-refractivity contribution < 1.29 is 9.90 Å². The third kappa shape index (κ3) is 2.13. The molecule has 7 heteroatoms. The van der Waals surface area contributed by atoms with E-state index in [9.17, 15) is 9.90 Å². The van der Waals surface area contributed by atoms with E-state index in [1.165, 1.54) is 18.5 Å². The van der Waals surface area contributed by atoms with Gasteiger partial charge in [-0.2, -0.15) is 5.10 Å². The van der Waals surface area contributed by atoms with Crippen molar-refractivity contribution >= 4 is 5.91 Å². The Morgan fingerprint density at radius 1 is 1.32 bits per heavy atom. The summed E-state index contributed by atoms with van der Waals surface area (Å²) in [6.07, 6.45) is 5.11. The number of fused-ring (bicyclic) bond motifs is 1. The molecule has 2 aromatic rings. The number of rotatable bonds is 2. The Kier molecular flexibility index (Phi) is 2.88. The first-order valence-corrected chi connectivity index (χ1v) is 7.53. The van der Waals surface area contributed by atoms with Crippen molar-refractivity contribution in [3.63, 3.8) is 0 Å². The van der Waals surface area contributed by atoms with Crippen LogP contribution in [0.4, 0.5) is 0 Å². The fourth-order valence-corrected chi connectivity index (χ4v) is 2.88. The van der Waals surface area contributed by atoms with Crippen LogP contribution in [0.1, 0.15) is 53.7 Å². The fourth-order valence-electron chi connectivity index (χ4n) is 2.88. The Morgan fingerprint density at radius 3 is 2.86 bits per heavy atom. The second-order valence-electron chi connectivity index (χ2n) is 5.93. The summed E-state index contributed by atoms with van der Waals surface area (Å²) in [4.78, 5) is 22.9. The average Bonchev–Trinajstić information content (AvgIpc) is 3.27. The molecular formula is C15H17N5O2. The summed E-state index contributed by atoms with van der Waals surface area (Å²) in [5.41, 5.74) is 0.391. The highest BCUT2D eigenvalue weighted by molar-refractivity contribution is 5.94. The summed E-state index contributed by atoms with van der Waals surface area (Å²) in [6, 6.07) is 1.31. The van der Waals surface area contributed by atoms with E-state index in [4.69, 9.17) is 0 Å². The standard InChI is InChI=1S/C15H17N5O2/c1-9-14-17-13(10-2-3-10)18-20(14)5-4-19(9)15(22)11-6-12(21)8-16-7-11/h6-10,21H,2-5H2,1H3/t9-/m1/s1. The maximum absolute atomic E-state index is 12.6. The second-order valence-corrected chi connectivity index (χ2v) is 5.93. The van der Waals surface area contributed by atoms with Gasteiger partial charge >= 0.3 is 0 Å². The van der Waals surface area contributed by atoms with Gasteiger partial charge in [-0.25, -0.2) is 9.67 Å². The minimum absolute atomic E-state index is 0.00491. The molecule has 1 aliphatic carbocycles. The fraction of sp³-hybridized carbons (Fsp3) is 0.467. The van der Waals surface area contributed by atoms with Crippen LogP contribution in [0.3, 0.4) is 0 Å². The number of aromatic nitrogens is 4. The molecule has 3 heterocycles. The molecule has 1 aliphatic heterocycles. The van der Waals surface area contributed by atoms with E-state index < -0.39 is 0 Å². The quantitative estimate of drug-likeness (QED) is 0.908. The smallest absolute Gasteiger partial charge is 0.256 e. The van der Waals surface area contributed by atoms with Crippen LogP contribution < -0.4 is 0 Å². The molecule has 0 unspecified atom stereocenters. The highest BCUT2D eigenvalue weighted by Gasteiger charge is 2.34. The Morgan fingerprint density at radius 2 is 2.14 bits per heavy atom. The zero-order chi connectivity index (χ0) is 15.3. The molecule has 2 aromatic heterocycles. The lowest BCUT2D eigenvalue weighted by molar-refractivity contribution is 0.0630. The Hall–Kier alpha value is -2.44. The molecule has 0 saturated heterocycles. The van der Waals surface area contributed by atoms with Crippen LogP contribution in [0.15, 0.2) is 18.5 Å². The van der Waals surface area contributed by atoms with Crippen LogP contribution in [0.25, 0.3) is 0 Å². The van der Waals surface area contributed by atoms with Gasteiger partial charge in [-0.3, -0.25) is 9.78 Å². The summed E-state index contributed by atoms with van der Waals surface area (Å²) in [6.45, 7) is 3.19. The van der Waals surface area contributed by atoms with Crippen LogP contribution in [0.2, 0.25) is 0 Å². The van der Waals surface area contributed by atoms with Gasteiger partial charge in [0.1, 0.15) is 11.6 Å². The van der Waals surface area contributed by atoms with E-state index in [1.54, 1.807) is 4.90 Å². The van der Waals surface area contributed by atoms with Crippen molar-refractivity contribution in [3.8, 4) is 5.75 Å². The maximum Gasteiger partial charge on any atom is 0.256 e. The Balaban J connectivity index is 1.62. The van der Waals surface area contributed by atoms with Crippen molar-refractivity contribution in [3.05, 3.63) is 35.7 Å². The summed E-state index contributed by atoms with van der Waals surface area (Å²) in [5.74, 6) is 2.11. The summed E-state index contributed by atoms with van der Waals surface area (Å²) < 4.78 is 1.92. The lowest BCUT2D eigenvalue weighted by atomic mass is 10.1. The Bertz CT molecular complexity index is 737. The molecule has 4 rings (SSSR count). The van der Waals surface area contributed by atoms with Gasteiger partial charge in [0.15, 0.2) is 5.82 Å². The zero-order valence-electron chi connectivity index (χ0n) is 12.3. The van der Waals surface area contributed by atoms with Crippen LogP contribution in [0.5, 0.6) is 5.75 Å². The third-order valence-corrected chi connectivity index (χ3v) is 4.28. The molecular weight excluding hydrogens is 282 g/mol. The van der Waals surface area contributed by atoms with Crippen molar-refractivity contribution in [1.29, 1.82) is 0 Å². The van der Waals surface area contributed by atoms with Gasteiger partial charge < -0.3 is 10.0 Å². The molecule has 0 aromatic carbocycles. The average molecular weight is 299 g/mol. The number of hydrogen-bond acceptors (Lipinski definition) is 5. The lowest BCUT2D eigenvalue weighted by Crippen LogP contribution is -2.41. The van der Waals surface area contributed by atoms with Crippen molar-refractivity contribution in [2.45, 2.75) is 38.3 Å². The molecule has 0 bridgehead atoms. The highest BCUT2D eigenvalue weighted by Crippen LogP contribution is 2.39. The van der Waals surface area contributed by atoms with E-state index in [2.05, 4.69) is 15.1 Å². The van der Waals surface area contributed by atoms with Crippen molar-refractivity contribution in [2.24, 2.45) is 0 Å². The lowest BCUT2D eigenvalue weighted by Gasteiger charge is -2.32. The molecule has 0 radical (unpaired) electrons. The monoisotopic (exact) mass is 299 g/mol. The molecule has 1 saturated carbocycles. The molecule has 22 heavy (non-hydrogen) atoms. The summed E-state index contributed by atoms with van der Waals surface area (Å²) in [7, 11) is 0. The molecule has 0 spiro atoms. The third-order valence-electron chi connectivity index (χ3n) is 4.28. The maximum atomic E-state index is 12.6. The summed E-state index contributed by atoms with van der Waals surface area (Å²) in [5, 5.41) is 14.1. The van der Waals surface area contributed by atoms with Gasteiger partial charge in [0.25, 0.3) is 5.91 Å². The first kappa shape index (κ1) is 13.2. The van der Waals surface area contributed by atoms with Crippen molar-refractivity contribution in [2.75, 3.05) is 6.54 Å². The van der Waals surface area contributed by atoms with E-state index in [0.717, 1.165) is 24.5 Å².